The van der Waals surface area contributed by atoms with Crippen LogP contribution in [0.15, 0.2) is 4.99 Å². The normalized spacial score (nSPS) is 35.0. The van der Waals surface area contributed by atoms with E-state index in [9.17, 15) is 8.42 Å². The van der Waals surface area contributed by atoms with Gasteiger partial charge in [-0.1, -0.05) is 27.2 Å². The monoisotopic (exact) mass is 302 g/mol. The lowest BCUT2D eigenvalue weighted by Crippen LogP contribution is -2.49. The molecule has 0 aromatic rings. The Morgan fingerprint density at radius 2 is 2.05 bits per heavy atom. The highest BCUT2D eigenvalue weighted by Gasteiger charge is 2.39. The van der Waals surface area contributed by atoms with Crippen LogP contribution in [0.4, 0.5) is 0 Å². The molecule has 0 spiro atoms. The van der Waals surface area contributed by atoms with Crippen LogP contribution in [0.25, 0.3) is 0 Å². The molecule has 0 bridgehead atoms. The Morgan fingerprint density at radius 3 is 2.60 bits per heavy atom. The van der Waals surface area contributed by atoms with Crippen molar-refractivity contribution in [2.24, 2.45) is 22.7 Å². The summed E-state index contributed by atoms with van der Waals surface area (Å²) in [6.45, 7) is 7.00. The van der Waals surface area contributed by atoms with Crippen molar-refractivity contribution in [3.05, 3.63) is 0 Å². The van der Waals surface area contributed by atoms with Crippen molar-refractivity contribution in [1.29, 1.82) is 0 Å². The summed E-state index contributed by atoms with van der Waals surface area (Å²) in [7, 11) is -3.21. The Kier molecular flexibility index (Phi) is 4.74. The first kappa shape index (κ1) is 15.8. The van der Waals surface area contributed by atoms with Gasteiger partial charge in [0.1, 0.15) is 6.61 Å². The van der Waals surface area contributed by atoms with Crippen molar-refractivity contribution in [2.75, 3.05) is 12.9 Å². The number of sulfonamides is 1. The number of hydrogen-bond donors (Lipinski definition) is 1. The predicted octanol–water partition coefficient (Wildman–Crippen LogP) is 1.79. The number of rotatable bonds is 4. The quantitative estimate of drug-likeness (QED) is 0.861. The lowest BCUT2D eigenvalue weighted by atomic mass is 9.78. The number of aliphatic imine (C=N–C) groups is 1. The van der Waals surface area contributed by atoms with E-state index in [1.54, 1.807) is 0 Å². The van der Waals surface area contributed by atoms with E-state index in [1.165, 1.54) is 6.26 Å². The highest BCUT2D eigenvalue weighted by Crippen LogP contribution is 2.33. The van der Waals surface area contributed by atoms with E-state index >= 15 is 0 Å². The second-order valence-electron chi connectivity index (χ2n) is 6.52. The molecule has 5 nitrogen and oxygen atoms in total. The molecule has 20 heavy (non-hydrogen) atoms. The molecule has 0 saturated heterocycles. The van der Waals surface area contributed by atoms with Gasteiger partial charge < -0.3 is 4.74 Å². The maximum absolute atomic E-state index is 11.6. The van der Waals surface area contributed by atoms with Crippen LogP contribution < -0.4 is 4.72 Å². The Morgan fingerprint density at radius 1 is 1.35 bits per heavy atom. The Bertz CT molecular complexity index is 473. The average Bonchev–Trinajstić information content (AvgIpc) is 2.79. The molecular weight excluding hydrogens is 276 g/mol. The summed E-state index contributed by atoms with van der Waals surface area (Å²) in [6, 6.07) is 0.115. The van der Waals surface area contributed by atoms with Gasteiger partial charge in [0.15, 0.2) is 5.90 Å². The topological polar surface area (TPSA) is 67.8 Å². The van der Waals surface area contributed by atoms with Crippen molar-refractivity contribution in [2.45, 2.75) is 52.1 Å². The first-order valence-corrected chi connectivity index (χ1v) is 9.35. The van der Waals surface area contributed by atoms with Gasteiger partial charge in [0.2, 0.25) is 10.0 Å². The summed E-state index contributed by atoms with van der Waals surface area (Å²) >= 11 is 0. The fourth-order valence-electron chi connectivity index (χ4n) is 3.09. The molecule has 1 saturated carbocycles. The highest BCUT2D eigenvalue weighted by atomic mass is 32.2. The number of hydrogen-bond acceptors (Lipinski definition) is 4. The zero-order chi connectivity index (χ0) is 14.9. The summed E-state index contributed by atoms with van der Waals surface area (Å²) < 4.78 is 31.7. The molecule has 1 aliphatic carbocycles. The minimum absolute atomic E-state index is 0.0808. The smallest absolute Gasteiger partial charge is 0.208 e. The first-order chi connectivity index (χ1) is 9.28. The Labute approximate surface area is 122 Å². The maximum atomic E-state index is 11.6. The second kappa shape index (κ2) is 6.02. The van der Waals surface area contributed by atoms with E-state index in [1.807, 2.05) is 0 Å². The van der Waals surface area contributed by atoms with Crippen molar-refractivity contribution < 1.29 is 13.2 Å². The average molecular weight is 302 g/mol. The van der Waals surface area contributed by atoms with Crippen LogP contribution in [0.2, 0.25) is 0 Å². The molecule has 1 aliphatic heterocycles. The van der Waals surface area contributed by atoms with Crippen LogP contribution in [0, 0.1) is 17.8 Å². The summed E-state index contributed by atoms with van der Waals surface area (Å²) in [5.41, 5.74) is 0. The first-order valence-electron chi connectivity index (χ1n) is 7.45. The van der Waals surface area contributed by atoms with Crippen LogP contribution in [0.5, 0.6) is 0 Å². The fraction of sp³-hybridized carbons (Fsp3) is 0.929. The number of nitrogens with one attached hydrogen (secondary N) is 1. The predicted molar refractivity (Wildman–Crippen MR) is 80.3 cm³/mol. The van der Waals surface area contributed by atoms with E-state index in [0.29, 0.717) is 18.4 Å². The van der Waals surface area contributed by atoms with Gasteiger partial charge >= 0.3 is 0 Å². The second-order valence-corrected chi connectivity index (χ2v) is 8.30. The molecule has 116 valence electrons. The molecule has 4 unspecified atom stereocenters. The molecule has 0 aromatic carbocycles. The SMILES string of the molecule is CC(C)C1COC(C2CCCC(C)C2NS(C)(=O)=O)=N1. The lowest BCUT2D eigenvalue weighted by Gasteiger charge is -2.35. The largest absolute Gasteiger partial charge is 0.478 e. The zero-order valence-electron chi connectivity index (χ0n) is 12.8. The van der Waals surface area contributed by atoms with Crippen LogP contribution in [-0.2, 0) is 14.8 Å². The van der Waals surface area contributed by atoms with E-state index in [-0.39, 0.29) is 18.0 Å². The lowest BCUT2D eigenvalue weighted by molar-refractivity contribution is 0.221. The van der Waals surface area contributed by atoms with Gasteiger partial charge in [0.25, 0.3) is 0 Å². The van der Waals surface area contributed by atoms with Crippen LogP contribution in [0.1, 0.15) is 40.0 Å². The third-order valence-electron chi connectivity index (χ3n) is 4.35. The molecule has 4 atom stereocenters. The standard InChI is InChI=1S/C14H26N2O3S/c1-9(2)12-8-19-14(15-12)11-7-5-6-10(3)13(11)16-20(4,17)18/h9-13,16H,5-8H2,1-4H3. The van der Waals surface area contributed by atoms with Crippen LogP contribution >= 0.6 is 0 Å². The van der Waals surface area contributed by atoms with Crippen LogP contribution in [-0.4, -0.2) is 39.3 Å². The van der Waals surface area contributed by atoms with Gasteiger partial charge in [0, 0.05) is 6.04 Å². The van der Waals surface area contributed by atoms with E-state index in [2.05, 4.69) is 30.5 Å². The molecule has 1 fully saturated rings. The minimum Gasteiger partial charge on any atom is -0.478 e. The van der Waals surface area contributed by atoms with Gasteiger partial charge in [-0.05, 0) is 24.7 Å². The highest BCUT2D eigenvalue weighted by molar-refractivity contribution is 7.88. The molecule has 6 heteroatoms. The fourth-order valence-corrected chi connectivity index (χ4v) is 3.98. The van der Waals surface area contributed by atoms with Gasteiger partial charge in [-0.3, -0.25) is 0 Å². The molecule has 2 rings (SSSR count). The molecule has 0 aromatic heterocycles. The van der Waals surface area contributed by atoms with Crippen molar-refractivity contribution in [3.63, 3.8) is 0 Å². The third kappa shape index (κ3) is 3.73. The number of ether oxygens (including phenoxy) is 1. The van der Waals surface area contributed by atoms with Gasteiger partial charge in [-0.25, -0.2) is 18.1 Å². The summed E-state index contributed by atoms with van der Waals surface area (Å²) in [4.78, 5) is 4.69. The molecule has 2 aliphatic rings. The summed E-state index contributed by atoms with van der Waals surface area (Å²) in [6.07, 6.45) is 4.31. The Balaban J connectivity index is 2.17. The molecule has 1 N–H and O–H groups in total. The molecule has 1 heterocycles. The van der Waals surface area contributed by atoms with Crippen molar-refractivity contribution in [3.8, 4) is 0 Å². The van der Waals surface area contributed by atoms with Crippen molar-refractivity contribution in [1.82, 2.24) is 4.72 Å². The van der Waals surface area contributed by atoms with E-state index in [0.717, 1.165) is 25.2 Å². The van der Waals surface area contributed by atoms with E-state index < -0.39 is 10.0 Å². The Hall–Kier alpha value is -0.620. The molecule has 0 radical (unpaired) electrons. The van der Waals surface area contributed by atoms with Gasteiger partial charge in [-0.2, -0.15) is 0 Å². The molecule has 0 amide bonds. The summed E-state index contributed by atoms with van der Waals surface area (Å²) in [5, 5.41) is 0. The third-order valence-corrected chi connectivity index (χ3v) is 5.05. The van der Waals surface area contributed by atoms with Gasteiger partial charge in [-0.15, -0.1) is 0 Å². The number of nitrogens with zero attached hydrogens (tertiary/aromatic N) is 1. The zero-order valence-corrected chi connectivity index (χ0v) is 13.6. The maximum Gasteiger partial charge on any atom is 0.208 e. The van der Waals surface area contributed by atoms with Gasteiger partial charge in [0.05, 0.1) is 18.2 Å². The molecular formula is C14H26N2O3S. The van der Waals surface area contributed by atoms with Crippen LogP contribution in [0.3, 0.4) is 0 Å². The van der Waals surface area contributed by atoms with E-state index in [4.69, 9.17) is 4.74 Å². The minimum atomic E-state index is -3.21. The summed E-state index contributed by atoms with van der Waals surface area (Å²) in [5.74, 6) is 1.61. The van der Waals surface area contributed by atoms with Crippen molar-refractivity contribution >= 4 is 15.9 Å².